The molecule has 6 rings (SSSR count). The average molecular weight is 485 g/mol. The first kappa shape index (κ1) is 22.9. The number of carbonyl (C=O) groups excluding carboxylic acids is 1. The van der Waals surface area contributed by atoms with Gasteiger partial charge in [0.1, 0.15) is 12.1 Å². The number of benzene rings is 2. The number of hydrogen-bond acceptors (Lipinski definition) is 7. The molecule has 9 nitrogen and oxygen atoms in total. The van der Waals surface area contributed by atoms with Crippen LogP contribution in [0.4, 0.5) is 5.82 Å². The van der Waals surface area contributed by atoms with Crippen molar-refractivity contribution in [3.8, 4) is 0 Å². The molecule has 2 aromatic carbocycles. The zero-order valence-electron chi connectivity index (χ0n) is 20.8. The van der Waals surface area contributed by atoms with Crippen LogP contribution in [-0.4, -0.2) is 99.3 Å². The number of anilines is 1. The van der Waals surface area contributed by atoms with Crippen LogP contribution >= 0.6 is 0 Å². The maximum absolute atomic E-state index is 13.1. The number of hydrogen-bond donors (Lipinski definition) is 0. The van der Waals surface area contributed by atoms with E-state index in [9.17, 15) is 4.79 Å². The van der Waals surface area contributed by atoms with Crippen LogP contribution in [0.2, 0.25) is 0 Å². The van der Waals surface area contributed by atoms with E-state index in [1.165, 1.54) is 16.3 Å². The Hall–Kier alpha value is -3.56. The maximum atomic E-state index is 13.1. The number of nitrogens with zero attached hydrogens (tertiary/aromatic N) is 8. The first-order chi connectivity index (χ1) is 17.7. The third kappa shape index (κ3) is 4.52. The number of carbonyl (C=O) groups is 1. The lowest BCUT2D eigenvalue weighted by molar-refractivity contribution is -0.134. The Morgan fingerprint density at radius 3 is 2.42 bits per heavy atom. The minimum absolute atomic E-state index is 0.241. The maximum Gasteiger partial charge on any atom is 0.236 e. The fourth-order valence-electron chi connectivity index (χ4n) is 5.44. The van der Waals surface area contributed by atoms with E-state index >= 15 is 0 Å². The number of fused-ring (bicyclic) bond motifs is 2. The highest BCUT2D eigenvalue weighted by molar-refractivity contribution is 5.87. The molecule has 1 amide bonds. The Labute approximate surface area is 210 Å². The second kappa shape index (κ2) is 9.83. The van der Waals surface area contributed by atoms with Crippen LogP contribution in [0, 0.1) is 0 Å². The quantitative estimate of drug-likeness (QED) is 0.429. The van der Waals surface area contributed by atoms with E-state index in [4.69, 9.17) is 0 Å². The Morgan fingerprint density at radius 1 is 0.833 bits per heavy atom. The van der Waals surface area contributed by atoms with Crippen molar-refractivity contribution in [2.45, 2.75) is 6.54 Å². The monoisotopic (exact) mass is 484 g/mol. The highest BCUT2D eigenvalue weighted by atomic mass is 16.2. The SMILES string of the molecule is Cn1ncc2c(N3CCN(CC(=O)N4CCN(Cc5cccc6ccccc56)CC4)CC3)ncnc21. The van der Waals surface area contributed by atoms with Gasteiger partial charge in [-0.1, -0.05) is 42.5 Å². The molecule has 2 aromatic heterocycles. The minimum Gasteiger partial charge on any atom is -0.353 e. The molecule has 2 aliphatic heterocycles. The van der Waals surface area contributed by atoms with Crippen LogP contribution in [-0.2, 0) is 18.4 Å². The third-order valence-electron chi connectivity index (χ3n) is 7.54. The number of aryl methyl sites for hydroxylation is 1. The van der Waals surface area contributed by atoms with Crippen LogP contribution in [0.5, 0.6) is 0 Å². The molecule has 2 fully saturated rings. The molecule has 0 spiro atoms. The van der Waals surface area contributed by atoms with E-state index < -0.39 is 0 Å². The number of rotatable bonds is 5. The average Bonchev–Trinajstić information content (AvgIpc) is 3.31. The zero-order chi connectivity index (χ0) is 24.5. The van der Waals surface area contributed by atoms with Crippen molar-refractivity contribution in [1.82, 2.24) is 34.4 Å². The van der Waals surface area contributed by atoms with E-state index in [-0.39, 0.29) is 5.91 Å². The first-order valence-electron chi connectivity index (χ1n) is 12.7. The summed E-state index contributed by atoms with van der Waals surface area (Å²) >= 11 is 0. The second-order valence-corrected chi connectivity index (χ2v) is 9.76. The predicted octanol–water partition coefficient (Wildman–Crippen LogP) is 1.98. The molecule has 4 aromatic rings. The van der Waals surface area contributed by atoms with Crippen molar-refractivity contribution in [3.63, 3.8) is 0 Å². The topological polar surface area (TPSA) is 73.6 Å². The smallest absolute Gasteiger partial charge is 0.236 e. The predicted molar refractivity (Wildman–Crippen MR) is 141 cm³/mol. The van der Waals surface area contributed by atoms with Crippen molar-refractivity contribution >= 4 is 33.5 Å². The summed E-state index contributed by atoms with van der Waals surface area (Å²) < 4.78 is 1.78. The standard InChI is InChI=1S/C27H32N8O/c1-31-26-24(17-30-31)27(29-20-28-26)35-15-11-33(12-16-35)19-25(36)34-13-9-32(10-14-34)18-22-7-4-6-21-5-2-3-8-23(21)22/h2-8,17,20H,9-16,18-19H2,1H3. The highest BCUT2D eigenvalue weighted by Gasteiger charge is 2.26. The van der Waals surface area contributed by atoms with E-state index in [1.807, 2.05) is 18.1 Å². The molecular weight excluding hydrogens is 452 g/mol. The normalized spacial score (nSPS) is 17.8. The third-order valence-corrected chi connectivity index (χ3v) is 7.54. The van der Waals surface area contributed by atoms with E-state index in [0.29, 0.717) is 6.54 Å². The fraction of sp³-hybridized carbons (Fsp3) is 0.407. The zero-order valence-corrected chi connectivity index (χ0v) is 20.8. The van der Waals surface area contributed by atoms with Gasteiger partial charge >= 0.3 is 0 Å². The Bertz CT molecular complexity index is 1360. The lowest BCUT2D eigenvalue weighted by Crippen LogP contribution is -2.53. The molecule has 0 unspecified atom stereocenters. The first-order valence-corrected chi connectivity index (χ1v) is 12.7. The largest absolute Gasteiger partial charge is 0.353 e. The summed E-state index contributed by atoms with van der Waals surface area (Å²) in [7, 11) is 1.89. The summed E-state index contributed by atoms with van der Waals surface area (Å²) in [4.78, 5) is 31.0. The molecule has 36 heavy (non-hydrogen) atoms. The van der Waals surface area contributed by atoms with Crippen LogP contribution in [0.25, 0.3) is 21.8 Å². The molecule has 0 aliphatic carbocycles. The molecule has 186 valence electrons. The minimum atomic E-state index is 0.241. The fourth-order valence-corrected chi connectivity index (χ4v) is 5.44. The van der Waals surface area contributed by atoms with Crippen molar-refractivity contribution in [2.24, 2.45) is 7.05 Å². The van der Waals surface area contributed by atoms with Gasteiger partial charge in [-0.05, 0) is 16.3 Å². The van der Waals surface area contributed by atoms with Gasteiger partial charge in [0.2, 0.25) is 5.91 Å². The molecule has 0 saturated carbocycles. The van der Waals surface area contributed by atoms with Gasteiger partial charge in [-0.3, -0.25) is 19.3 Å². The molecule has 2 aliphatic rings. The van der Waals surface area contributed by atoms with Gasteiger partial charge in [0.15, 0.2) is 5.65 Å². The van der Waals surface area contributed by atoms with E-state index in [0.717, 1.165) is 75.8 Å². The van der Waals surface area contributed by atoms with Gasteiger partial charge in [-0.2, -0.15) is 5.10 Å². The lowest BCUT2D eigenvalue weighted by Gasteiger charge is -2.38. The number of amides is 1. The summed E-state index contributed by atoms with van der Waals surface area (Å²) in [6, 6.07) is 15.1. The van der Waals surface area contributed by atoms with Gasteiger partial charge in [-0.25, -0.2) is 9.97 Å². The number of aromatic nitrogens is 4. The van der Waals surface area contributed by atoms with Crippen LogP contribution in [0.15, 0.2) is 55.0 Å². The van der Waals surface area contributed by atoms with Crippen molar-refractivity contribution in [1.29, 1.82) is 0 Å². The molecule has 9 heteroatoms. The Morgan fingerprint density at radius 2 is 1.58 bits per heavy atom. The van der Waals surface area contributed by atoms with Crippen molar-refractivity contribution in [2.75, 3.05) is 63.8 Å². The van der Waals surface area contributed by atoms with E-state index in [2.05, 4.69) is 72.2 Å². The summed E-state index contributed by atoms with van der Waals surface area (Å²) in [6.45, 7) is 8.21. The molecule has 0 radical (unpaired) electrons. The molecule has 2 saturated heterocycles. The van der Waals surface area contributed by atoms with Gasteiger partial charge < -0.3 is 9.80 Å². The molecule has 0 atom stereocenters. The van der Waals surface area contributed by atoms with Crippen LogP contribution in [0.1, 0.15) is 5.56 Å². The summed E-state index contributed by atoms with van der Waals surface area (Å²) in [5, 5.41) is 7.91. The van der Waals surface area contributed by atoms with Crippen molar-refractivity contribution < 1.29 is 4.79 Å². The molecule has 4 heterocycles. The van der Waals surface area contributed by atoms with Gasteiger partial charge in [0.05, 0.1) is 18.1 Å². The van der Waals surface area contributed by atoms with Crippen LogP contribution < -0.4 is 4.90 Å². The summed E-state index contributed by atoms with van der Waals surface area (Å²) in [5.41, 5.74) is 2.20. The van der Waals surface area contributed by atoms with E-state index in [1.54, 1.807) is 11.0 Å². The van der Waals surface area contributed by atoms with Gasteiger partial charge in [-0.15, -0.1) is 0 Å². The highest BCUT2D eigenvalue weighted by Crippen LogP contribution is 2.23. The molecule has 0 bridgehead atoms. The second-order valence-electron chi connectivity index (χ2n) is 9.76. The summed E-state index contributed by atoms with van der Waals surface area (Å²) in [6.07, 6.45) is 3.44. The van der Waals surface area contributed by atoms with Crippen LogP contribution in [0.3, 0.4) is 0 Å². The Balaban J connectivity index is 0.996. The summed E-state index contributed by atoms with van der Waals surface area (Å²) in [5.74, 6) is 1.17. The molecule has 0 N–H and O–H groups in total. The molecular formula is C27H32N8O. The lowest BCUT2D eigenvalue weighted by atomic mass is 10.0. The van der Waals surface area contributed by atoms with Gasteiger partial charge in [0, 0.05) is 66.0 Å². The number of piperazine rings is 2. The van der Waals surface area contributed by atoms with Crippen molar-refractivity contribution in [3.05, 3.63) is 60.6 Å². The Kier molecular flexibility index (Phi) is 6.25. The van der Waals surface area contributed by atoms with Gasteiger partial charge in [0.25, 0.3) is 0 Å².